The minimum Gasteiger partial charge on any atom is -0.383 e. The molecule has 0 radical (unpaired) electrons. The van der Waals surface area contributed by atoms with E-state index in [1.807, 2.05) is 24.3 Å². The van der Waals surface area contributed by atoms with Gasteiger partial charge in [0.25, 0.3) is 0 Å². The fourth-order valence-corrected chi connectivity index (χ4v) is 3.58. The number of anilines is 1. The van der Waals surface area contributed by atoms with Crippen LogP contribution in [0.5, 0.6) is 0 Å². The van der Waals surface area contributed by atoms with E-state index in [-0.39, 0.29) is 0 Å². The Morgan fingerprint density at radius 1 is 1.15 bits per heavy atom. The summed E-state index contributed by atoms with van der Waals surface area (Å²) in [7, 11) is 0. The van der Waals surface area contributed by atoms with Gasteiger partial charge in [-0.1, -0.05) is 30.2 Å². The Balaban J connectivity index is 1.44. The molecule has 1 atom stereocenters. The second-order valence-electron chi connectivity index (χ2n) is 5.89. The molecule has 2 saturated heterocycles. The largest absolute Gasteiger partial charge is 0.383 e. The smallest absolute Gasteiger partial charge is 0.0637 e. The molecule has 2 heterocycles. The first kappa shape index (κ1) is 14.2. The van der Waals surface area contributed by atoms with Crippen LogP contribution in [0.2, 0.25) is 5.02 Å². The molecule has 0 aliphatic carbocycles. The van der Waals surface area contributed by atoms with Crippen molar-refractivity contribution in [3.63, 3.8) is 0 Å². The number of hydrogen-bond acceptors (Lipinski definition) is 3. The lowest BCUT2D eigenvalue weighted by Crippen LogP contribution is -2.55. The van der Waals surface area contributed by atoms with E-state index in [2.05, 4.69) is 15.1 Å². The molecular weight excluding hydrogens is 270 g/mol. The topological polar surface area (TPSA) is 18.5 Å². The summed E-state index contributed by atoms with van der Waals surface area (Å²) in [5.41, 5.74) is 1.05. The van der Waals surface area contributed by atoms with Gasteiger partial charge < -0.3 is 5.32 Å². The molecule has 1 aromatic carbocycles. The van der Waals surface area contributed by atoms with Gasteiger partial charge in [-0.15, -0.1) is 0 Å². The number of fused-ring (bicyclic) bond motifs is 1. The van der Waals surface area contributed by atoms with Crippen molar-refractivity contribution < 1.29 is 0 Å². The van der Waals surface area contributed by atoms with Crippen LogP contribution in [-0.4, -0.2) is 55.1 Å². The molecule has 3 nitrogen and oxygen atoms in total. The summed E-state index contributed by atoms with van der Waals surface area (Å²) in [5.74, 6) is 0. The van der Waals surface area contributed by atoms with Gasteiger partial charge in [0.1, 0.15) is 0 Å². The molecule has 0 aromatic heterocycles. The molecule has 20 heavy (non-hydrogen) atoms. The molecule has 0 amide bonds. The highest BCUT2D eigenvalue weighted by molar-refractivity contribution is 6.33. The van der Waals surface area contributed by atoms with Crippen LogP contribution >= 0.6 is 11.6 Å². The van der Waals surface area contributed by atoms with E-state index < -0.39 is 0 Å². The summed E-state index contributed by atoms with van der Waals surface area (Å²) in [6.45, 7) is 7.09. The number of rotatable bonds is 4. The summed E-state index contributed by atoms with van der Waals surface area (Å²) in [5, 5.41) is 4.25. The first-order valence-corrected chi connectivity index (χ1v) is 8.15. The Labute approximate surface area is 126 Å². The summed E-state index contributed by atoms with van der Waals surface area (Å²) in [6.07, 6.45) is 4.19. The zero-order valence-electron chi connectivity index (χ0n) is 12.0. The molecule has 0 bridgehead atoms. The van der Waals surface area contributed by atoms with Gasteiger partial charge in [0.15, 0.2) is 0 Å². The molecular formula is C16H24ClN3. The molecule has 110 valence electrons. The third-order valence-electron chi connectivity index (χ3n) is 4.54. The maximum atomic E-state index is 6.15. The summed E-state index contributed by atoms with van der Waals surface area (Å²) >= 11 is 6.15. The number of halogens is 1. The van der Waals surface area contributed by atoms with Gasteiger partial charge in [-0.3, -0.25) is 9.80 Å². The Morgan fingerprint density at radius 2 is 2.05 bits per heavy atom. The van der Waals surface area contributed by atoms with Gasteiger partial charge in [-0.25, -0.2) is 0 Å². The molecule has 2 aliphatic rings. The van der Waals surface area contributed by atoms with E-state index in [4.69, 9.17) is 11.6 Å². The molecule has 1 aromatic rings. The fraction of sp³-hybridized carbons (Fsp3) is 0.625. The Bertz CT molecular complexity index is 437. The lowest BCUT2D eigenvalue weighted by molar-refractivity contribution is 0.0515. The Kier molecular flexibility index (Phi) is 4.81. The first-order valence-electron chi connectivity index (χ1n) is 7.78. The minimum absolute atomic E-state index is 0.804. The fourth-order valence-electron chi connectivity index (χ4n) is 3.38. The van der Waals surface area contributed by atoms with Crippen LogP contribution in [0, 0.1) is 0 Å². The predicted octanol–water partition coefficient (Wildman–Crippen LogP) is 2.92. The van der Waals surface area contributed by atoms with Crippen LogP contribution in [0.15, 0.2) is 24.3 Å². The van der Waals surface area contributed by atoms with Crippen LogP contribution in [0.3, 0.4) is 0 Å². The van der Waals surface area contributed by atoms with Crippen LogP contribution < -0.4 is 5.32 Å². The summed E-state index contributed by atoms with van der Waals surface area (Å²) in [6, 6.07) is 8.77. The van der Waals surface area contributed by atoms with Crippen LogP contribution in [0.25, 0.3) is 0 Å². The number of nitrogens with zero attached hydrogens (tertiary/aromatic N) is 2. The first-order chi connectivity index (χ1) is 9.83. The number of piperidine rings is 1. The standard InChI is InChI=1S/C16H24ClN3/c17-15-6-1-2-7-16(15)18-8-10-19-11-12-20-9-4-3-5-14(20)13-19/h1-2,6-7,14,18H,3-5,8-13H2. The van der Waals surface area contributed by atoms with Crippen molar-refractivity contribution in [3.8, 4) is 0 Å². The van der Waals surface area contributed by atoms with Crippen molar-refractivity contribution in [2.45, 2.75) is 25.3 Å². The molecule has 3 rings (SSSR count). The van der Waals surface area contributed by atoms with Crippen LogP contribution in [0.1, 0.15) is 19.3 Å². The molecule has 0 spiro atoms. The highest BCUT2D eigenvalue weighted by Gasteiger charge is 2.28. The van der Waals surface area contributed by atoms with Crippen LogP contribution in [0.4, 0.5) is 5.69 Å². The summed E-state index contributed by atoms with van der Waals surface area (Å²) < 4.78 is 0. The Hall–Kier alpha value is -0.770. The minimum atomic E-state index is 0.804. The normalized spacial score (nSPS) is 24.4. The monoisotopic (exact) mass is 293 g/mol. The van der Waals surface area contributed by atoms with Crippen molar-refractivity contribution >= 4 is 17.3 Å². The third kappa shape index (κ3) is 3.46. The van der Waals surface area contributed by atoms with Gasteiger partial charge in [0.2, 0.25) is 0 Å². The molecule has 1 unspecified atom stereocenters. The Morgan fingerprint density at radius 3 is 2.95 bits per heavy atom. The van der Waals surface area contributed by atoms with E-state index in [1.165, 1.54) is 45.4 Å². The zero-order valence-corrected chi connectivity index (χ0v) is 12.8. The second-order valence-corrected chi connectivity index (χ2v) is 6.30. The van der Waals surface area contributed by atoms with Crippen molar-refractivity contribution in [2.75, 3.05) is 44.6 Å². The predicted molar refractivity (Wildman–Crippen MR) is 85.6 cm³/mol. The quantitative estimate of drug-likeness (QED) is 0.921. The zero-order chi connectivity index (χ0) is 13.8. The summed E-state index contributed by atoms with van der Waals surface area (Å²) in [4.78, 5) is 5.28. The molecule has 2 aliphatic heterocycles. The second kappa shape index (κ2) is 6.79. The lowest BCUT2D eigenvalue weighted by atomic mass is 9.99. The molecule has 0 saturated carbocycles. The molecule has 1 N–H and O–H groups in total. The number of para-hydroxylation sites is 1. The number of hydrogen-bond donors (Lipinski definition) is 1. The van der Waals surface area contributed by atoms with Gasteiger partial charge in [-0.2, -0.15) is 0 Å². The number of benzene rings is 1. The average Bonchev–Trinajstić information content (AvgIpc) is 2.49. The van der Waals surface area contributed by atoms with Crippen molar-refractivity contribution in [3.05, 3.63) is 29.3 Å². The average molecular weight is 294 g/mol. The van der Waals surface area contributed by atoms with Crippen molar-refractivity contribution in [1.82, 2.24) is 9.80 Å². The highest BCUT2D eigenvalue weighted by Crippen LogP contribution is 2.22. The van der Waals surface area contributed by atoms with Crippen LogP contribution in [-0.2, 0) is 0 Å². The van der Waals surface area contributed by atoms with E-state index in [0.29, 0.717) is 0 Å². The van der Waals surface area contributed by atoms with E-state index in [1.54, 1.807) is 0 Å². The molecule has 2 fully saturated rings. The maximum absolute atomic E-state index is 6.15. The van der Waals surface area contributed by atoms with E-state index in [0.717, 1.165) is 29.8 Å². The number of piperazine rings is 1. The van der Waals surface area contributed by atoms with Gasteiger partial charge in [0.05, 0.1) is 10.7 Å². The van der Waals surface area contributed by atoms with E-state index >= 15 is 0 Å². The SMILES string of the molecule is Clc1ccccc1NCCN1CCN2CCCCC2C1. The molecule has 4 heteroatoms. The number of nitrogens with one attached hydrogen (secondary N) is 1. The maximum Gasteiger partial charge on any atom is 0.0637 e. The third-order valence-corrected chi connectivity index (χ3v) is 4.87. The highest BCUT2D eigenvalue weighted by atomic mass is 35.5. The lowest BCUT2D eigenvalue weighted by Gasteiger charge is -2.44. The van der Waals surface area contributed by atoms with Crippen molar-refractivity contribution in [2.24, 2.45) is 0 Å². The van der Waals surface area contributed by atoms with Crippen molar-refractivity contribution in [1.29, 1.82) is 0 Å². The van der Waals surface area contributed by atoms with Gasteiger partial charge in [0, 0.05) is 38.8 Å². The van der Waals surface area contributed by atoms with Gasteiger partial charge >= 0.3 is 0 Å². The van der Waals surface area contributed by atoms with Gasteiger partial charge in [-0.05, 0) is 31.5 Å². The van der Waals surface area contributed by atoms with E-state index in [9.17, 15) is 0 Å².